The molecule has 0 unspecified atom stereocenters. The summed E-state index contributed by atoms with van der Waals surface area (Å²) in [5, 5.41) is 3.36. The third-order valence-corrected chi connectivity index (χ3v) is 7.85. The van der Waals surface area contributed by atoms with Gasteiger partial charge in [-0.1, -0.05) is 0 Å². The lowest BCUT2D eigenvalue weighted by Crippen LogP contribution is -2.36. The summed E-state index contributed by atoms with van der Waals surface area (Å²) in [4.78, 5) is 27.4. The number of rotatable bonds is 7. The zero-order chi connectivity index (χ0) is 26.1. The van der Waals surface area contributed by atoms with Crippen molar-refractivity contribution in [1.29, 1.82) is 0 Å². The highest BCUT2D eigenvalue weighted by Crippen LogP contribution is 2.49. The first-order valence-electron chi connectivity index (χ1n) is 12.4. The Balaban J connectivity index is 1.59. The average molecular weight is 572 g/mol. The molecule has 9 heteroatoms. The molecule has 3 heterocycles. The van der Waals surface area contributed by atoms with Crippen LogP contribution in [0.25, 0.3) is 0 Å². The number of furan rings is 1. The van der Waals surface area contributed by atoms with Crippen LogP contribution in [0.15, 0.2) is 62.0 Å². The number of nitrogens with one attached hydrogen (secondary N) is 1. The number of ketones is 1. The summed E-state index contributed by atoms with van der Waals surface area (Å²) in [6.07, 6.45) is 4.17. The number of benzene rings is 1. The van der Waals surface area contributed by atoms with E-state index in [0.29, 0.717) is 51.4 Å². The Bertz CT molecular complexity index is 1260. The molecule has 5 rings (SSSR count). The molecule has 0 amide bonds. The lowest BCUT2D eigenvalue weighted by atomic mass is 9.72. The number of methoxy groups -OCH3 is 2. The summed E-state index contributed by atoms with van der Waals surface area (Å²) >= 11 is 3.51. The Morgan fingerprint density at radius 3 is 2.68 bits per heavy atom. The Labute approximate surface area is 224 Å². The first-order valence-corrected chi connectivity index (χ1v) is 13.2. The van der Waals surface area contributed by atoms with Crippen LogP contribution >= 0.6 is 15.9 Å². The topological polar surface area (TPSA) is 96.2 Å². The van der Waals surface area contributed by atoms with E-state index in [-0.39, 0.29) is 30.8 Å². The summed E-state index contributed by atoms with van der Waals surface area (Å²) < 4.78 is 29.0. The number of carbonyl (C=O) groups is 2. The van der Waals surface area contributed by atoms with E-state index in [0.717, 1.165) is 24.3 Å². The number of carbonyl (C=O) groups excluding carboxylic acids is 2. The molecule has 0 radical (unpaired) electrons. The number of esters is 1. The van der Waals surface area contributed by atoms with Crippen LogP contribution in [0.2, 0.25) is 0 Å². The molecule has 196 valence electrons. The summed E-state index contributed by atoms with van der Waals surface area (Å²) in [6.45, 7) is 2.68. The highest BCUT2D eigenvalue weighted by atomic mass is 79.9. The van der Waals surface area contributed by atoms with Crippen LogP contribution in [0.4, 0.5) is 0 Å². The fourth-order valence-corrected chi connectivity index (χ4v) is 5.96. The Morgan fingerprint density at radius 1 is 1.19 bits per heavy atom. The molecule has 2 aliphatic heterocycles. The molecule has 3 atom stereocenters. The third kappa shape index (κ3) is 4.94. The molecular weight excluding hydrogens is 542 g/mol. The van der Waals surface area contributed by atoms with Gasteiger partial charge in [-0.2, -0.15) is 0 Å². The SMILES string of the molecule is COc1cc([C@@H]2C(C(=O)OC[C@@H]3CCCO3)=C(C)NC3=C2C(=O)C[C@@H](c2ccco2)C3)c(OC)cc1Br. The number of Topliss-reactive ketones (excluding diaryl/α,β-unsaturated/α-hetero) is 1. The summed E-state index contributed by atoms with van der Waals surface area (Å²) in [5.41, 5.74) is 2.99. The standard InChI is InChI=1S/C28H30BrNO7/c1-15-25(28(32)37-14-17-6-4-8-35-17)26(18-12-24(34-3)19(29)13-23(18)33-2)27-20(30-15)10-16(11-21(27)31)22-7-5-9-36-22/h5,7,9,12-13,16-17,26,30H,4,6,8,10-11,14H2,1-3H3/t16-,17-,26+/m0/s1. The van der Waals surface area contributed by atoms with E-state index in [1.807, 2.05) is 25.1 Å². The van der Waals surface area contributed by atoms with Gasteiger partial charge in [0.1, 0.15) is 23.9 Å². The van der Waals surface area contributed by atoms with Gasteiger partial charge in [0.05, 0.1) is 42.6 Å². The molecule has 1 saturated heterocycles. The quantitative estimate of drug-likeness (QED) is 0.456. The molecule has 0 saturated carbocycles. The third-order valence-electron chi connectivity index (χ3n) is 7.23. The molecule has 37 heavy (non-hydrogen) atoms. The summed E-state index contributed by atoms with van der Waals surface area (Å²) in [5.74, 6) is 0.557. The van der Waals surface area contributed by atoms with Crippen molar-refractivity contribution in [2.75, 3.05) is 27.4 Å². The van der Waals surface area contributed by atoms with Crippen molar-refractivity contribution in [3.63, 3.8) is 0 Å². The van der Waals surface area contributed by atoms with Crippen molar-refractivity contribution in [2.24, 2.45) is 0 Å². The molecule has 1 aliphatic carbocycles. The number of allylic oxidation sites excluding steroid dienone is 3. The normalized spacial score (nSPS) is 23.6. The van der Waals surface area contributed by atoms with Gasteiger partial charge in [-0.3, -0.25) is 4.79 Å². The minimum absolute atomic E-state index is 0.0546. The predicted octanol–water partition coefficient (Wildman–Crippen LogP) is 5.14. The molecule has 1 aromatic heterocycles. The largest absolute Gasteiger partial charge is 0.496 e. The molecule has 1 N–H and O–H groups in total. The van der Waals surface area contributed by atoms with E-state index in [9.17, 15) is 9.59 Å². The fourth-order valence-electron chi connectivity index (χ4n) is 5.48. The highest BCUT2D eigenvalue weighted by molar-refractivity contribution is 9.10. The van der Waals surface area contributed by atoms with Crippen molar-refractivity contribution in [3.05, 3.63) is 68.9 Å². The van der Waals surface area contributed by atoms with Crippen LogP contribution in [0.1, 0.15) is 55.8 Å². The lowest BCUT2D eigenvalue weighted by Gasteiger charge is -2.36. The van der Waals surface area contributed by atoms with Gasteiger partial charge in [0.2, 0.25) is 0 Å². The van der Waals surface area contributed by atoms with E-state index in [1.54, 1.807) is 26.5 Å². The van der Waals surface area contributed by atoms with Gasteiger partial charge in [-0.25, -0.2) is 4.79 Å². The highest BCUT2D eigenvalue weighted by Gasteiger charge is 2.43. The Hall–Kier alpha value is -3.04. The minimum atomic E-state index is -0.685. The number of ether oxygens (including phenoxy) is 4. The van der Waals surface area contributed by atoms with Gasteiger partial charge >= 0.3 is 5.97 Å². The van der Waals surface area contributed by atoms with E-state index in [1.165, 1.54) is 0 Å². The summed E-state index contributed by atoms with van der Waals surface area (Å²) in [7, 11) is 3.14. The van der Waals surface area contributed by atoms with Gasteiger partial charge in [0.25, 0.3) is 0 Å². The molecule has 8 nitrogen and oxygen atoms in total. The second-order valence-electron chi connectivity index (χ2n) is 9.49. The van der Waals surface area contributed by atoms with Gasteiger partial charge in [-0.15, -0.1) is 0 Å². The van der Waals surface area contributed by atoms with Crippen molar-refractivity contribution < 1.29 is 33.0 Å². The zero-order valence-electron chi connectivity index (χ0n) is 21.1. The van der Waals surface area contributed by atoms with E-state index < -0.39 is 11.9 Å². The molecule has 0 bridgehead atoms. The molecule has 3 aliphatic rings. The van der Waals surface area contributed by atoms with E-state index in [2.05, 4.69) is 21.2 Å². The second kappa shape index (κ2) is 10.8. The number of hydrogen-bond acceptors (Lipinski definition) is 8. The Morgan fingerprint density at radius 2 is 2.00 bits per heavy atom. The van der Waals surface area contributed by atoms with Gasteiger partial charge in [0, 0.05) is 41.5 Å². The fraction of sp³-hybridized carbons (Fsp3) is 0.429. The molecule has 1 fully saturated rings. The van der Waals surface area contributed by atoms with Crippen LogP contribution < -0.4 is 14.8 Å². The van der Waals surface area contributed by atoms with Crippen LogP contribution in [-0.2, 0) is 19.1 Å². The van der Waals surface area contributed by atoms with Crippen molar-refractivity contribution in [1.82, 2.24) is 5.32 Å². The maximum atomic E-state index is 13.8. The molecule has 0 spiro atoms. The van der Waals surface area contributed by atoms with Crippen LogP contribution in [0.5, 0.6) is 11.5 Å². The molecule has 1 aromatic carbocycles. The average Bonchev–Trinajstić information content (AvgIpc) is 3.61. The smallest absolute Gasteiger partial charge is 0.336 e. The van der Waals surface area contributed by atoms with Crippen molar-refractivity contribution >= 4 is 27.7 Å². The van der Waals surface area contributed by atoms with Gasteiger partial charge in [-0.05, 0) is 66.4 Å². The second-order valence-corrected chi connectivity index (χ2v) is 10.3. The van der Waals surface area contributed by atoms with Crippen LogP contribution in [0, 0.1) is 0 Å². The number of halogens is 1. The Kier molecular flexibility index (Phi) is 7.44. The van der Waals surface area contributed by atoms with Crippen LogP contribution in [0.3, 0.4) is 0 Å². The first kappa shape index (κ1) is 25.6. The maximum absolute atomic E-state index is 13.8. The molecule has 2 aromatic rings. The first-order chi connectivity index (χ1) is 17.9. The number of dihydropyridines is 1. The van der Waals surface area contributed by atoms with Crippen molar-refractivity contribution in [3.8, 4) is 11.5 Å². The lowest BCUT2D eigenvalue weighted by molar-refractivity contribution is -0.142. The van der Waals surface area contributed by atoms with E-state index >= 15 is 0 Å². The summed E-state index contributed by atoms with van der Waals surface area (Å²) in [6, 6.07) is 7.33. The minimum Gasteiger partial charge on any atom is -0.496 e. The van der Waals surface area contributed by atoms with Crippen molar-refractivity contribution in [2.45, 2.75) is 50.5 Å². The van der Waals surface area contributed by atoms with Gasteiger partial charge < -0.3 is 28.7 Å². The number of hydrogen-bond donors (Lipinski definition) is 1. The molecular formula is C28H30BrNO7. The monoisotopic (exact) mass is 571 g/mol. The van der Waals surface area contributed by atoms with Crippen LogP contribution in [-0.4, -0.2) is 45.3 Å². The van der Waals surface area contributed by atoms with E-state index in [4.69, 9.17) is 23.4 Å². The van der Waals surface area contributed by atoms with Gasteiger partial charge in [0.15, 0.2) is 5.78 Å². The maximum Gasteiger partial charge on any atom is 0.336 e. The predicted molar refractivity (Wildman–Crippen MR) is 138 cm³/mol. The zero-order valence-corrected chi connectivity index (χ0v) is 22.7.